The summed E-state index contributed by atoms with van der Waals surface area (Å²) in [6.07, 6.45) is 0.512. The van der Waals surface area contributed by atoms with Crippen LogP contribution in [0, 0.1) is 20.8 Å². The Kier molecular flexibility index (Phi) is 3.43. The van der Waals surface area contributed by atoms with Crippen LogP contribution in [-0.4, -0.2) is 5.78 Å². The van der Waals surface area contributed by atoms with Gasteiger partial charge in [-0.05, 0) is 49.6 Å². The van der Waals surface area contributed by atoms with E-state index in [2.05, 4.69) is 26.0 Å². The van der Waals surface area contributed by atoms with E-state index in [1.165, 1.54) is 21.6 Å². The number of benzene rings is 1. The van der Waals surface area contributed by atoms with Gasteiger partial charge in [-0.25, -0.2) is 0 Å². The molecule has 17 heavy (non-hydrogen) atoms. The summed E-state index contributed by atoms with van der Waals surface area (Å²) in [5, 5.41) is 0. The van der Waals surface area contributed by atoms with Gasteiger partial charge in [0.25, 0.3) is 0 Å². The minimum atomic E-state index is 0.223. The number of hydrogen-bond acceptors (Lipinski definition) is 2. The molecule has 0 aliphatic heterocycles. The number of aryl methyl sites for hydroxylation is 3. The first-order valence-corrected chi connectivity index (χ1v) is 6.54. The van der Waals surface area contributed by atoms with E-state index in [-0.39, 0.29) is 5.78 Å². The lowest BCUT2D eigenvalue weighted by atomic mass is 9.98. The van der Waals surface area contributed by atoms with Crippen LogP contribution in [0.4, 0.5) is 0 Å². The third kappa shape index (κ3) is 2.64. The van der Waals surface area contributed by atoms with Gasteiger partial charge in [0.05, 0.1) is 4.88 Å². The maximum Gasteiger partial charge on any atom is 0.177 e. The standard InChI is InChI=1S/C15H16OS/c1-10-5-4-6-11(2)13(10)9-14(16)15-8-7-12(3)17-15/h4-8H,9H2,1-3H3. The van der Waals surface area contributed by atoms with Crippen molar-refractivity contribution in [1.82, 2.24) is 0 Å². The number of hydrogen-bond donors (Lipinski definition) is 0. The lowest BCUT2D eigenvalue weighted by molar-refractivity contribution is 0.0996. The molecule has 2 aromatic rings. The summed E-state index contributed by atoms with van der Waals surface area (Å²) < 4.78 is 0. The molecule has 1 aromatic carbocycles. The van der Waals surface area contributed by atoms with Crippen LogP contribution in [0.2, 0.25) is 0 Å². The van der Waals surface area contributed by atoms with E-state index in [1.807, 2.05) is 25.1 Å². The van der Waals surface area contributed by atoms with Crippen molar-refractivity contribution in [2.45, 2.75) is 27.2 Å². The van der Waals surface area contributed by atoms with Crippen molar-refractivity contribution in [2.75, 3.05) is 0 Å². The van der Waals surface area contributed by atoms with Crippen molar-refractivity contribution >= 4 is 17.1 Å². The van der Waals surface area contributed by atoms with Crippen LogP contribution in [0.15, 0.2) is 30.3 Å². The number of rotatable bonds is 3. The molecular weight excluding hydrogens is 228 g/mol. The molecule has 0 radical (unpaired) electrons. The number of thiophene rings is 1. The van der Waals surface area contributed by atoms with Crippen molar-refractivity contribution < 1.29 is 4.79 Å². The van der Waals surface area contributed by atoms with Crippen LogP contribution in [0.5, 0.6) is 0 Å². The summed E-state index contributed by atoms with van der Waals surface area (Å²) in [5.74, 6) is 0.223. The number of carbonyl (C=O) groups is 1. The zero-order chi connectivity index (χ0) is 12.4. The summed E-state index contributed by atoms with van der Waals surface area (Å²) in [5.41, 5.74) is 3.57. The largest absolute Gasteiger partial charge is 0.293 e. The summed E-state index contributed by atoms with van der Waals surface area (Å²) in [6, 6.07) is 10.1. The Morgan fingerprint density at radius 3 is 2.24 bits per heavy atom. The summed E-state index contributed by atoms with van der Waals surface area (Å²) in [4.78, 5) is 14.2. The summed E-state index contributed by atoms with van der Waals surface area (Å²) in [7, 11) is 0. The highest BCUT2D eigenvalue weighted by Gasteiger charge is 2.12. The maximum atomic E-state index is 12.1. The van der Waals surface area contributed by atoms with Gasteiger partial charge in [0, 0.05) is 11.3 Å². The van der Waals surface area contributed by atoms with E-state index in [0.29, 0.717) is 6.42 Å². The molecule has 1 nitrogen and oxygen atoms in total. The molecule has 0 fully saturated rings. The van der Waals surface area contributed by atoms with E-state index in [1.54, 1.807) is 11.3 Å². The van der Waals surface area contributed by atoms with Gasteiger partial charge in [0.2, 0.25) is 0 Å². The molecule has 0 amide bonds. The van der Waals surface area contributed by atoms with Crippen molar-refractivity contribution in [3.63, 3.8) is 0 Å². The van der Waals surface area contributed by atoms with Crippen LogP contribution in [0.1, 0.15) is 31.2 Å². The SMILES string of the molecule is Cc1ccc(C(=O)Cc2c(C)cccc2C)s1. The second-order valence-corrected chi connectivity index (χ2v) is 5.67. The van der Waals surface area contributed by atoms with Gasteiger partial charge in [0.1, 0.15) is 0 Å². The predicted molar refractivity (Wildman–Crippen MR) is 73.0 cm³/mol. The van der Waals surface area contributed by atoms with Crippen LogP contribution in [0.25, 0.3) is 0 Å². The van der Waals surface area contributed by atoms with Crippen LogP contribution >= 0.6 is 11.3 Å². The molecule has 0 unspecified atom stereocenters. The first kappa shape index (κ1) is 12.1. The van der Waals surface area contributed by atoms with Crippen molar-refractivity contribution in [2.24, 2.45) is 0 Å². The first-order valence-electron chi connectivity index (χ1n) is 5.72. The molecule has 0 aliphatic carbocycles. The van der Waals surface area contributed by atoms with E-state index in [0.717, 1.165) is 4.88 Å². The average molecular weight is 244 g/mol. The predicted octanol–water partition coefficient (Wildman–Crippen LogP) is 4.10. The fraction of sp³-hybridized carbons (Fsp3) is 0.267. The monoisotopic (exact) mass is 244 g/mol. The molecule has 0 saturated carbocycles. The Bertz CT molecular complexity index is 532. The minimum absolute atomic E-state index is 0.223. The van der Waals surface area contributed by atoms with E-state index in [4.69, 9.17) is 0 Å². The molecule has 0 spiro atoms. The highest BCUT2D eigenvalue weighted by atomic mass is 32.1. The van der Waals surface area contributed by atoms with Gasteiger partial charge in [-0.3, -0.25) is 4.79 Å². The quantitative estimate of drug-likeness (QED) is 0.743. The van der Waals surface area contributed by atoms with Gasteiger partial charge >= 0.3 is 0 Å². The van der Waals surface area contributed by atoms with E-state index >= 15 is 0 Å². The molecule has 0 bridgehead atoms. The Labute approximate surface area is 106 Å². The lowest BCUT2D eigenvalue weighted by Crippen LogP contribution is -2.04. The van der Waals surface area contributed by atoms with E-state index in [9.17, 15) is 4.79 Å². The fourth-order valence-corrected chi connectivity index (χ4v) is 2.76. The van der Waals surface area contributed by atoms with Gasteiger partial charge in [-0.1, -0.05) is 18.2 Å². The van der Waals surface area contributed by atoms with Gasteiger partial charge < -0.3 is 0 Å². The Hall–Kier alpha value is -1.41. The van der Waals surface area contributed by atoms with Crippen LogP contribution < -0.4 is 0 Å². The number of ketones is 1. The molecule has 2 rings (SSSR count). The van der Waals surface area contributed by atoms with Crippen molar-refractivity contribution in [3.8, 4) is 0 Å². The molecule has 0 aliphatic rings. The highest BCUT2D eigenvalue weighted by Crippen LogP contribution is 2.20. The van der Waals surface area contributed by atoms with E-state index < -0.39 is 0 Å². The Morgan fingerprint density at radius 1 is 1.06 bits per heavy atom. The molecule has 0 N–H and O–H groups in total. The average Bonchev–Trinajstić information content (AvgIpc) is 2.70. The fourth-order valence-electron chi connectivity index (χ4n) is 1.96. The molecular formula is C15H16OS. The Morgan fingerprint density at radius 2 is 1.71 bits per heavy atom. The second-order valence-electron chi connectivity index (χ2n) is 4.38. The lowest BCUT2D eigenvalue weighted by Gasteiger charge is -2.07. The second kappa shape index (κ2) is 4.84. The van der Waals surface area contributed by atoms with Crippen LogP contribution in [-0.2, 0) is 6.42 Å². The number of Topliss-reactive ketones (excluding diaryl/α,β-unsaturated/α-hetero) is 1. The molecule has 2 heteroatoms. The van der Waals surface area contributed by atoms with Crippen LogP contribution in [0.3, 0.4) is 0 Å². The zero-order valence-corrected chi connectivity index (χ0v) is 11.2. The maximum absolute atomic E-state index is 12.1. The normalized spacial score (nSPS) is 10.5. The smallest absolute Gasteiger partial charge is 0.177 e. The van der Waals surface area contributed by atoms with Gasteiger partial charge in [-0.15, -0.1) is 11.3 Å². The first-order chi connectivity index (χ1) is 8.08. The highest BCUT2D eigenvalue weighted by molar-refractivity contribution is 7.14. The van der Waals surface area contributed by atoms with Crippen molar-refractivity contribution in [1.29, 1.82) is 0 Å². The molecule has 0 saturated heterocycles. The molecule has 0 atom stereocenters. The summed E-state index contributed by atoms with van der Waals surface area (Å²) >= 11 is 1.58. The van der Waals surface area contributed by atoms with Gasteiger partial charge in [-0.2, -0.15) is 0 Å². The molecule has 1 heterocycles. The minimum Gasteiger partial charge on any atom is -0.293 e. The topological polar surface area (TPSA) is 17.1 Å². The Balaban J connectivity index is 2.24. The van der Waals surface area contributed by atoms with Crippen molar-refractivity contribution in [3.05, 3.63) is 56.8 Å². The van der Waals surface area contributed by atoms with Gasteiger partial charge in [0.15, 0.2) is 5.78 Å². The third-order valence-corrected chi connectivity index (χ3v) is 4.04. The molecule has 1 aromatic heterocycles. The zero-order valence-electron chi connectivity index (χ0n) is 10.4. The molecule has 88 valence electrons. The number of carbonyl (C=O) groups excluding carboxylic acids is 1. The summed E-state index contributed by atoms with van der Waals surface area (Å²) in [6.45, 7) is 6.16. The third-order valence-electron chi connectivity index (χ3n) is 3.00.